The average molecular weight is 289 g/mol. The van der Waals surface area contributed by atoms with Crippen molar-refractivity contribution < 1.29 is 13.5 Å². The summed E-state index contributed by atoms with van der Waals surface area (Å²) in [5.41, 5.74) is 0.939. The highest BCUT2D eigenvalue weighted by Gasteiger charge is 2.29. The van der Waals surface area contributed by atoms with Crippen LogP contribution < -0.4 is 10.1 Å². The Morgan fingerprint density at radius 2 is 1.71 bits per heavy atom. The van der Waals surface area contributed by atoms with Gasteiger partial charge in [0.1, 0.15) is 6.10 Å². The van der Waals surface area contributed by atoms with Crippen LogP contribution in [-0.4, -0.2) is 13.1 Å². The first kappa shape index (κ1) is 14.0. The Morgan fingerprint density at radius 1 is 1.00 bits per heavy atom. The smallest absolute Gasteiger partial charge is 0.191 e. The van der Waals surface area contributed by atoms with Crippen molar-refractivity contribution in [3.63, 3.8) is 0 Å². The van der Waals surface area contributed by atoms with E-state index in [-0.39, 0.29) is 17.8 Å². The Hall–Kier alpha value is -1.94. The summed E-state index contributed by atoms with van der Waals surface area (Å²) in [6.45, 7) is 1.69. The van der Waals surface area contributed by atoms with E-state index in [0.29, 0.717) is 0 Å². The van der Waals surface area contributed by atoms with Gasteiger partial charge in [0.15, 0.2) is 17.4 Å². The second-order valence-electron chi connectivity index (χ2n) is 5.25. The first-order valence-electron chi connectivity index (χ1n) is 7.12. The number of halogens is 2. The molecule has 2 nitrogen and oxygen atoms in total. The molecule has 1 aliphatic heterocycles. The van der Waals surface area contributed by atoms with E-state index < -0.39 is 11.6 Å². The maximum absolute atomic E-state index is 13.8. The van der Waals surface area contributed by atoms with E-state index in [1.165, 1.54) is 18.2 Å². The Labute approximate surface area is 122 Å². The van der Waals surface area contributed by atoms with Gasteiger partial charge in [0.05, 0.1) is 0 Å². The van der Waals surface area contributed by atoms with Crippen molar-refractivity contribution in [2.75, 3.05) is 13.1 Å². The molecule has 4 heteroatoms. The van der Waals surface area contributed by atoms with E-state index in [4.69, 9.17) is 4.74 Å². The number of nitrogens with one attached hydrogen (secondary N) is 1. The standard InChI is InChI=1S/C17H17F2NO/c18-14-7-4-8-15(19)17(14)21-16(13-9-10-20-11-13)12-5-2-1-3-6-12/h1-8,13,16,20H,9-11H2/t13-,16-/m0/s1. The first-order chi connectivity index (χ1) is 10.3. The maximum Gasteiger partial charge on any atom is 0.191 e. The third-order valence-electron chi connectivity index (χ3n) is 3.82. The predicted molar refractivity (Wildman–Crippen MR) is 77.1 cm³/mol. The monoisotopic (exact) mass is 289 g/mol. The largest absolute Gasteiger partial charge is 0.479 e. The van der Waals surface area contributed by atoms with Crippen LogP contribution in [0.1, 0.15) is 18.1 Å². The zero-order chi connectivity index (χ0) is 14.7. The Bertz CT molecular complexity index is 577. The van der Waals surface area contributed by atoms with Crippen LogP contribution in [0.25, 0.3) is 0 Å². The van der Waals surface area contributed by atoms with E-state index in [1.54, 1.807) is 0 Å². The molecule has 0 bridgehead atoms. The molecule has 0 aromatic heterocycles. The Morgan fingerprint density at radius 3 is 2.33 bits per heavy atom. The maximum atomic E-state index is 13.8. The average Bonchev–Trinajstić information content (AvgIpc) is 3.02. The van der Waals surface area contributed by atoms with E-state index >= 15 is 0 Å². The molecule has 1 fully saturated rings. The van der Waals surface area contributed by atoms with E-state index in [0.717, 1.165) is 25.1 Å². The van der Waals surface area contributed by atoms with Gasteiger partial charge in [-0.3, -0.25) is 0 Å². The molecule has 0 saturated carbocycles. The van der Waals surface area contributed by atoms with Crippen molar-refractivity contribution in [1.82, 2.24) is 5.32 Å². The fourth-order valence-corrected chi connectivity index (χ4v) is 2.74. The molecule has 1 aliphatic rings. The molecule has 0 spiro atoms. The van der Waals surface area contributed by atoms with Crippen molar-refractivity contribution in [3.8, 4) is 5.75 Å². The van der Waals surface area contributed by atoms with Crippen molar-refractivity contribution in [1.29, 1.82) is 0 Å². The summed E-state index contributed by atoms with van der Waals surface area (Å²) >= 11 is 0. The molecule has 1 heterocycles. The van der Waals surface area contributed by atoms with Gasteiger partial charge in [-0.15, -0.1) is 0 Å². The van der Waals surface area contributed by atoms with Crippen LogP contribution in [0, 0.1) is 17.6 Å². The van der Waals surface area contributed by atoms with Crippen molar-refractivity contribution in [2.45, 2.75) is 12.5 Å². The molecule has 1 N–H and O–H groups in total. The highest BCUT2D eigenvalue weighted by atomic mass is 19.1. The SMILES string of the molecule is Fc1cccc(F)c1O[C@@H](c1ccccc1)[C@H]1CCNC1. The summed E-state index contributed by atoms with van der Waals surface area (Å²) in [5.74, 6) is -1.42. The summed E-state index contributed by atoms with van der Waals surface area (Å²) in [6, 6.07) is 13.4. The number of hydrogen-bond acceptors (Lipinski definition) is 2. The minimum absolute atomic E-state index is 0.200. The fourth-order valence-electron chi connectivity index (χ4n) is 2.74. The number of hydrogen-bond donors (Lipinski definition) is 1. The molecular formula is C17H17F2NO. The van der Waals surface area contributed by atoms with Gasteiger partial charge in [-0.25, -0.2) is 8.78 Å². The molecule has 3 rings (SSSR count). The summed E-state index contributed by atoms with van der Waals surface area (Å²) in [5, 5.41) is 3.27. The van der Waals surface area contributed by atoms with Gasteiger partial charge < -0.3 is 10.1 Å². The van der Waals surface area contributed by atoms with Crippen molar-refractivity contribution >= 4 is 0 Å². The summed E-state index contributed by atoms with van der Waals surface area (Å²) in [6.07, 6.45) is 0.572. The highest BCUT2D eigenvalue weighted by molar-refractivity contribution is 5.28. The summed E-state index contributed by atoms with van der Waals surface area (Å²) in [4.78, 5) is 0. The van der Waals surface area contributed by atoms with E-state index in [2.05, 4.69) is 5.32 Å². The topological polar surface area (TPSA) is 21.3 Å². The Balaban J connectivity index is 1.92. The molecule has 2 aromatic carbocycles. The number of ether oxygens (including phenoxy) is 1. The molecule has 2 atom stereocenters. The predicted octanol–water partition coefficient (Wildman–Crippen LogP) is 3.69. The van der Waals surface area contributed by atoms with E-state index in [1.807, 2.05) is 30.3 Å². The van der Waals surface area contributed by atoms with Crippen LogP contribution in [0.4, 0.5) is 8.78 Å². The molecule has 2 aromatic rings. The second kappa shape index (κ2) is 6.22. The van der Waals surface area contributed by atoms with Gasteiger partial charge >= 0.3 is 0 Å². The number of rotatable bonds is 4. The zero-order valence-corrected chi connectivity index (χ0v) is 11.6. The van der Waals surface area contributed by atoms with Crippen LogP contribution in [-0.2, 0) is 0 Å². The second-order valence-corrected chi connectivity index (χ2v) is 5.25. The van der Waals surface area contributed by atoms with Crippen LogP contribution in [0.15, 0.2) is 48.5 Å². The zero-order valence-electron chi connectivity index (χ0n) is 11.6. The summed E-state index contributed by atoms with van der Waals surface area (Å²) in [7, 11) is 0. The minimum Gasteiger partial charge on any atom is -0.479 e. The Kier molecular flexibility index (Phi) is 4.15. The van der Waals surface area contributed by atoms with Gasteiger partial charge in [-0.1, -0.05) is 36.4 Å². The molecule has 0 amide bonds. The molecule has 1 saturated heterocycles. The lowest BCUT2D eigenvalue weighted by Crippen LogP contribution is -2.22. The minimum atomic E-state index is -0.665. The highest BCUT2D eigenvalue weighted by Crippen LogP contribution is 2.34. The number of benzene rings is 2. The van der Waals surface area contributed by atoms with Crippen LogP contribution >= 0.6 is 0 Å². The molecule has 0 unspecified atom stereocenters. The lowest BCUT2D eigenvalue weighted by Gasteiger charge is -2.25. The number of para-hydroxylation sites is 1. The van der Waals surface area contributed by atoms with Gasteiger partial charge in [-0.2, -0.15) is 0 Å². The van der Waals surface area contributed by atoms with Crippen molar-refractivity contribution in [2.24, 2.45) is 5.92 Å². The fraction of sp³-hybridized carbons (Fsp3) is 0.294. The lowest BCUT2D eigenvalue weighted by atomic mass is 9.95. The first-order valence-corrected chi connectivity index (χ1v) is 7.12. The molecule has 0 radical (unpaired) electrons. The van der Waals surface area contributed by atoms with Crippen molar-refractivity contribution in [3.05, 3.63) is 65.7 Å². The quantitative estimate of drug-likeness (QED) is 0.926. The third kappa shape index (κ3) is 3.05. The lowest BCUT2D eigenvalue weighted by molar-refractivity contribution is 0.131. The van der Waals surface area contributed by atoms with Crippen LogP contribution in [0.2, 0.25) is 0 Å². The molecule has 21 heavy (non-hydrogen) atoms. The molecular weight excluding hydrogens is 272 g/mol. The molecule has 110 valence electrons. The van der Waals surface area contributed by atoms with E-state index in [9.17, 15) is 8.78 Å². The summed E-state index contributed by atoms with van der Waals surface area (Å²) < 4.78 is 33.4. The van der Waals surface area contributed by atoms with Gasteiger partial charge in [0.2, 0.25) is 0 Å². The molecule has 0 aliphatic carbocycles. The van der Waals surface area contributed by atoms with Gasteiger partial charge in [0, 0.05) is 12.5 Å². The van der Waals surface area contributed by atoms with Crippen LogP contribution in [0.3, 0.4) is 0 Å². The van der Waals surface area contributed by atoms with Crippen LogP contribution in [0.5, 0.6) is 5.75 Å². The normalized spacial score (nSPS) is 19.4. The van der Waals surface area contributed by atoms with Gasteiger partial charge in [0.25, 0.3) is 0 Å². The third-order valence-corrected chi connectivity index (χ3v) is 3.82. The van der Waals surface area contributed by atoms with Gasteiger partial charge in [-0.05, 0) is 30.7 Å².